The summed E-state index contributed by atoms with van der Waals surface area (Å²) in [5, 5.41) is 4.32. The van der Waals surface area contributed by atoms with Crippen molar-refractivity contribution in [1.82, 2.24) is 10.6 Å². The Bertz CT molecular complexity index is 821. The Morgan fingerprint density at radius 3 is 2.46 bits per heavy atom. The molecule has 1 atom stereocenters. The molecular formula is C19H17FN2O4. The standard InChI is InChI=1S/C19H17FN2O4/c1-21-19(25)22-18(24)17(14-7-3-2-4-8-14)26-16(23)11-10-13-6-5-9-15(20)12-13/h2-12,17H,1H3,(H2,21,22,24,25)/b11-10+/t17-/m1/s1. The second-order valence-electron chi connectivity index (χ2n) is 5.18. The van der Waals surface area contributed by atoms with E-state index in [-0.39, 0.29) is 0 Å². The first kappa shape index (κ1) is 18.9. The SMILES string of the molecule is CNC(=O)NC(=O)[C@H](OC(=O)/C=C/c1cccc(F)c1)c1ccccc1. The van der Waals surface area contributed by atoms with E-state index in [1.54, 1.807) is 36.4 Å². The first-order valence-electron chi connectivity index (χ1n) is 7.71. The number of halogens is 1. The highest BCUT2D eigenvalue weighted by Gasteiger charge is 2.25. The van der Waals surface area contributed by atoms with Gasteiger partial charge in [0, 0.05) is 18.7 Å². The number of carbonyl (C=O) groups is 3. The predicted octanol–water partition coefficient (Wildman–Crippen LogP) is 2.58. The van der Waals surface area contributed by atoms with E-state index < -0.39 is 29.8 Å². The molecule has 0 aromatic heterocycles. The summed E-state index contributed by atoms with van der Waals surface area (Å²) in [6.45, 7) is 0. The number of carbonyl (C=O) groups excluding carboxylic acids is 3. The summed E-state index contributed by atoms with van der Waals surface area (Å²) in [7, 11) is 1.36. The van der Waals surface area contributed by atoms with Crippen LogP contribution in [0.15, 0.2) is 60.7 Å². The second-order valence-corrected chi connectivity index (χ2v) is 5.18. The molecule has 0 radical (unpaired) electrons. The minimum Gasteiger partial charge on any atom is -0.444 e. The quantitative estimate of drug-likeness (QED) is 0.637. The van der Waals surface area contributed by atoms with E-state index in [1.165, 1.54) is 31.3 Å². The van der Waals surface area contributed by atoms with E-state index in [0.717, 1.165) is 6.08 Å². The molecule has 3 amide bonds. The zero-order valence-corrected chi connectivity index (χ0v) is 13.9. The normalized spacial score (nSPS) is 11.6. The molecule has 0 spiro atoms. The molecule has 2 N–H and O–H groups in total. The zero-order valence-electron chi connectivity index (χ0n) is 13.9. The number of nitrogens with one attached hydrogen (secondary N) is 2. The van der Waals surface area contributed by atoms with Crippen molar-refractivity contribution in [2.24, 2.45) is 0 Å². The number of imide groups is 1. The molecule has 0 saturated carbocycles. The lowest BCUT2D eigenvalue weighted by Crippen LogP contribution is -2.41. The lowest BCUT2D eigenvalue weighted by molar-refractivity contribution is -0.151. The summed E-state index contributed by atoms with van der Waals surface area (Å²) < 4.78 is 18.3. The number of hydrogen-bond donors (Lipinski definition) is 2. The number of rotatable bonds is 5. The van der Waals surface area contributed by atoms with Crippen LogP contribution in [0.5, 0.6) is 0 Å². The molecule has 6 nitrogen and oxygen atoms in total. The van der Waals surface area contributed by atoms with Crippen LogP contribution in [0, 0.1) is 5.82 Å². The van der Waals surface area contributed by atoms with Crippen LogP contribution in [-0.4, -0.2) is 25.0 Å². The summed E-state index contributed by atoms with van der Waals surface area (Å²) in [4.78, 5) is 35.7. The fourth-order valence-electron chi connectivity index (χ4n) is 2.07. The fraction of sp³-hybridized carbons (Fsp3) is 0.105. The Labute approximate surface area is 149 Å². The first-order chi connectivity index (χ1) is 12.5. The fourth-order valence-corrected chi connectivity index (χ4v) is 2.07. The molecule has 7 heteroatoms. The average Bonchev–Trinajstić information content (AvgIpc) is 2.65. The van der Waals surface area contributed by atoms with Crippen molar-refractivity contribution in [2.75, 3.05) is 7.05 Å². The van der Waals surface area contributed by atoms with Crippen molar-refractivity contribution in [3.05, 3.63) is 77.6 Å². The van der Waals surface area contributed by atoms with Gasteiger partial charge in [-0.15, -0.1) is 0 Å². The largest absolute Gasteiger partial charge is 0.444 e. The van der Waals surface area contributed by atoms with E-state index in [0.29, 0.717) is 11.1 Å². The van der Waals surface area contributed by atoms with E-state index in [2.05, 4.69) is 10.6 Å². The van der Waals surface area contributed by atoms with Crippen LogP contribution in [0.4, 0.5) is 9.18 Å². The molecule has 0 saturated heterocycles. The Hall–Kier alpha value is -3.48. The van der Waals surface area contributed by atoms with E-state index in [9.17, 15) is 18.8 Å². The molecule has 0 aliphatic rings. The Morgan fingerprint density at radius 2 is 1.81 bits per heavy atom. The molecule has 2 aromatic rings. The summed E-state index contributed by atoms with van der Waals surface area (Å²) in [6, 6.07) is 13.2. The van der Waals surface area contributed by atoms with Crippen LogP contribution in [0.3, 0.4) is 0 Å². The predicted molar refractivity (Wildman–Crippen MR) is 93.3 cm³/mol. The number of esters is 1. The number of urea groups is 1. The van der Waals surface area contributed by atoms with Crippen LogP contribution >= 0.6 is 0 Å². The monoisotopic (exact) mass is 356 g/mol. The summed E-state index contributed by atoms with van der Waals surface area (Å²) in [5.74, 6) is -2.04. The van der Waals surface area contributed by atoms with Crippen molar-refractivity contribution in [2.45, 2.75) is 6.10 Å². The van der Waals surface area contributed by atoms with E-state index >= 15 is 0 Å². The van der Waals surface area contributed by atoms with Gasteiger partial charge in [0.05, 0.1) is 0 Å². The third kappa shape index (κ3) is 5.55. The maximum Gasteiger partial charge on any atom is 0.331 e. The van der Waals surface area contributed by atoms with Gasteiger partial charge >= 0.3 is 12.0 Å². The van der Waals surface area contributed by atoms with Gasteiger partial charge in [-0.25, -0.2) is 14.0 Å². The second kappa shape index (κ2) is 9.12. The average molecular weight is 356 g/mol. The number of ether oxygens (including phenoxy) is 1. The smallest absolute Gasteiger partial charge is 0.331 e. The molecule has 0 fully saturated rings. The molecule has 2 rings (SSSR count). The molecule has 0 aliphatic carbocycles. The highest BCUT2D eigenvalue weighted by Crippen LogP contribution is 2.18. The van der Waals surface area contributed by atoms with Crippen molar-refractivity contribution in [3.8, 4) is 0 Å². The molecule has 26 heavy (non-hydrogen) atoms. The molecule has 0 bridgehead atoms. The molecular weight excluding hydrogens is 339 g/mol. The molecule has 0 heterocycles. The van der Waals surface area contributed by atoms with Crippen molar-refractivity contribution < 1.29 is 23.5 Å². The zero-order chi connectivity index (χ0) is 18.9. The van der Waals surface area contributed by atoms with Crippen molar-refractivity contribution in [1.29, 1.82) is 0 Å². The van der Waals surface area contributed by atoms with Gasteiger partial charge in [0.2, 0.25) is 6.10 Å². The van der Waals surface area contributed by atoms with Gasteiger partial charge in [-0.3, -0.25) is 10.1 Å². The maximum absolute atomic E-state index is 13.1. The summed E-state index contributed by atoms with van der Waals surface area (Å²) in [5.41, 5.74) is 0.870. The summed E-state index contributed by atoms with van der Waals surface area (Å²) >= 11 is 0. The highest BCUT2D eigenvalue weighted by atomic mass is 19.1. The Morgan fingerprint density at radius 1 is 1.08 bits per heavy atom. The van der Waals surface area contributed by atoms with Crippen LogP contribution in [0.25, 0.3) is 6.08 Å². The van der Waals surface area contributed by atoms with Crippen molar-refractivity contribution in [3.63, 3.8) is 0 Å². The number of benzene rings is 2. The topological polar surface area (TPSA) is 84.5 Å². The van der Waals surface area contributed by atoms with Crippen molar-refractivity contribution >= 4 is 24.0 Å². The molecule has 134 valence electrons. The Kier molecular flexibility index (Phi) is 6.61. The Balaban J connectivity index is 2.14. The van der Waals surface area contributed by atoms with Gasteiger partial charge in [0.25, 0.3) is 5.91 Å². The first-order valence-corrected chi connectivity index (χ1v) is 7.71. The molecule has 0 unspecified atom stereocenters. The van der Waals surface area contributed by atoms with Gasteiger partial charge < -0.3 is 10.1 Å². The molecule has 0 aliphatic heterocycles. The van der Waals surface area contributed by atoms with E-state index in [1.807, 2.05) is 0 Å². The number of hydrogen-bond acceptors (Lipinski definition) is 4. The lowest BCUT2D eigenvalue weighted by atomic mass is 10.1. The highest BCUT2D eigenvalue weighted by molar-refractivity contribution is 5.98. The minimum atomic E-state index is -1.31. The maximum atomic E-state index is 13.1. The van der Waals surface area contributed by atoms with E-state index in [4.69, 9.17) is 4.74 Å². The number of amides is 3. The van der Waals surface area contributed by atoms with Gasteiger partial charge in [-0.05, 0) is 23.8 Å². The van der Waals surface area contributed by atoms with Gasteiger partial charge in [-0.2, -0.15) is 0 Å². The van der Waals surface area contributed by atoms with Gasteiger partial charge in [0.1, 0.15) is 5.82 Å². The van der Waals surface area contributed by atoms with Crippen LogP contribution in [-0.2, 0) is 14.3 Å². The van der Waals surface area contributed by atoms with Crippen LogP contribution in [0.1, 0.15) is 17.2 Å². The third-order valence-corrected chi connectivity index (χ3v) is 3.30. The minimum absolute atomic E-state index is 0.404. The van der Waals surface area contributed by atoms with Crippen LogP contribution in [0.2, 0.25) is 0 Å². The van der Waals surface area contributed by atoms with Gasteiger partial charge in [0.15, 0.2) is 0 Å². The summed E-state index contributed by atoms with van der Waals surface area (Å²) in [6.07, 6.45) is 1.14. The third-order valence-electron chi connectivity index (χ3n) is 3.30. The lowest BCUT2D eigenvalue weighted by Gasteiger charge is -2.16. The van der Waals surface area contributed by atoms with Gasteiger partial charge in [-0.1, -0.05) is 42.5 Å². The van der Waals surface area contributed by atoms with Crippen LogP contribution < -0.4 is 10.6 Å². The molecule has 2 aromatic carbocycles.